The molecule has 0 spiro atoms. The summed E-state index contributed by atoms with van der Waals surface area (Å²) in [6.45, 7) is 2.04. The highest BCUT2D eigenvalue weighted by Gasteiger charge is 2.33. The van der Waals surface area contributed by atoms with Crippen molar-refractivity contribution in [3.05, 3.63) is 27.1 Å². The summed E-state index contributed by atoms with van der Waals surface area (Å²) < 4.78 is 28.2. The van der Waals surface area contributed by atoms with Gasteiger partial charge in [0.1, 0.15) is 0 Å². The second-order valence-corrected chi connectivity index (χ2v) is 8.33. The summed E-state index contributed by atoms with van der Waals surface area (Å²) in [6.07, 6.45) is 0.911. The summed E-state index contributed by atoms with van der Waals surface area (Å²) in [5.74, 6) is 0.397. The Labute approximate surface area is 130 Å². The molecule has 4 nitrogen and oxygen atoms in total. The third-order valence-corrected chi connectivity index (χ3v) is 6.59. The number of rotatable bonds is 4. The van der Waals surface area contributed by atoms with Crippen molar-refractivity contribution >= 4 is 41.9 Å². The maximum absolute atomic E-state index is 12.6. The van der Waals surface area contributed by atoms with Crippen LogP contribution < -0.4 is 5.32 Å². The molecular weight excluding hydrogens is 396 g/mol. The second-order valence-electron chi connectivity index (χ2n) is 4.65. The fraction of sp³-hybridized carbons (Fsp3) is 0.500. The molecule has 1 N–H and O–H groups in total. The fourth-order valence-corrected chi connectivity index (χ4v) is 5.53. The molecule has 1 aromatic rings. The molecule has 1 aliphatic heterocycles. The summed E-state index contributed by atoms with van der Waals surface area (Å²) in [6, 6.07) is 5.14. The van der Waals surface area contributed by atoms with Crippen molar-refractivity contribution in [2.75, 3.05) is 26.7 Å². The van der Waals surface area contributed by atoms with E-state index in [0.717, 1.165) is 17.4 Å². The van der Waals surface area contributed by atoms with Gasteiger partial charge in [0.15, 0.2) is 0 Å². The number of benzene rings is 1. The first kappa shape index (κ1) is 15.4. The van der Waals surface area contributed by atoms with E-state index in [4.69, 9.17) is 0 Å². The zero-order valence-electron chi connectivity index (χ0n) is 10.6. The fourth-order valence-electron chi connectivity index (χ4n) is 2.29. The number of nitrogens with one attached hydrogen (secondary N) is 1. The molecule has 0 aromatic heterocycles. The van der Waals surface area contributed by atoms with Gasteiger partial charge in [-0.05, 0) is 60.1 Å². The van der Waals surface area contributed by atoms with Gasteiger partial charge in [-0.3, -0.25) is 0 Å². The number of sulfonamides is 1. The van der Waals surface area contributed by atoms with E-state index in [9.17, 15) is 8.42 Å². The minimum Gasteiger partial charge on any atom is -0.319 e. The predicted molar refractivity (Wildman–Crippen MR) is 82.6 cm³/mol. The lowest BCUT2D eigenvalue weighted by Gasteiger charge is -2.17. The Bertz CT molecular complexity index is 563. The number of hydrogen-bond donors (Lipinski definition) is 1. The van der Waals surface area contributed by atoms with Crippen LogP contribution in [0.3, 0.4) is 0 Å². The van der Waals surface area contributed by atoms with E-state index in [1.165, 1.54) is 0 Å². The Kier molecular flexibility index (Phi) is 5.05. The van der Waals surface area contributed by atoms with E-state index < -0.39 is 10.0 Å². The van der Waals surface area contributed by atoms with Crippen molar-refractivity contribution in [3.8, 4) is 0 Å². The molecule has 0 radical (unpaired) electrons. The normalized spacial score (nSPS) is 20.9. The summed E-state index contributed by atoms with van der Waals surface area (Å²) in [5.41, 5.74) is 0. The molecule has 1 atom stereocenters. The Morgan fingerprint density at radius 1 is 1.42 bits per heavy atom. The van der Waals surface area contributed by atoms with Gasteiger partial charge < -0.3 is 5.32 Å². The monoisotopic (exact) mass is 410 g/mol. The molecule has 2 rings (SSSR count). The molecule has 0 amide bonds. The van der Waals surface area contributed by atoms with Crippen LogP contribution in [0.5, 0.6) is 0 Å². The lowest BCUT2D eigenvalue weighted by atomic mass is 10.1. The molecule has 1 aliphatic rings. The summed E-state index contributed by atoms with van der Waals surface area (Å²) in [4.78, 5) is 0.334. The predicted octanol–water partition coefficient (Wildman–Crippen LogP) is 2.44. The molecule has 1 fully saturated rings. The number of nitrogens with zero attached hydrogens (tertiary/aromatic N) is 1. The van der Waals surface area contributed by atoms with Crippen LogP contribution in [0.4, 0.5) is 0 Å². The van der Waals surface area contributed by atoms with Crippen LogP contribution >= 0.6 is 31.9 Å². The molecule has 0 bridgehead atoms. The average Bonchev–Trinajstić information content (AvgIpc) is 2.78. The zero-order valence-corrected chi connectivity index (χ0v) is 14.6. The summed E-state index contributed by atoms with van der Waals surface area (Å²) in [5, 5.41) is 3.10. The summed E-state index contributed by atoms with van der Waals surface area (Å²) in [7, 11) is -1.51. The van der Waals surface area contributed by atoms with Crippen molar-refractivity contribution in [2.24, 2.45) is 5.92 Å². The number of halogens is 2. The van der Waals surface area contributed by atoms with E-state index in [2.05, 4.69) is 37.2 Å². The molecule has 7 heteroatoms. The second kappa shape index (κ2) is 6.22. The SMILES string of the molecule is CNCC1CCN(S(=O)(=O)c2ccc(Br)cc2Br)C1. The van der Waals surface area contributed by atoms with Crippen LogP contribution in [0.15, 0.2) is 32.0 Å². The maximum Gasteiger partial charge on any atom is 0.244 e. The molecule has 1 unspecified atom stereocenters. The van der Waals surface area contributed by atoms with Gasteiger partial charge in [0, 0.05) is 22.0 Å². The van der Waals surface area contributed by atoms with Gasteiger partial charge in [0.2, 0.25) is 10.0 Å². The number of hydrogen-bond acceptors (Lipinski definition) is 3. The first-order valence-electron chi connectivity index (χ1n) is 6.05. The topological polar surface area (TPSA) is 49.4 Å². The smallest absolute Gasteiger partial charge is 0.244 e. The third-order valence-electron chi connectivity index (χ3n) is 3.25. The van der Waals surface area contributed by atoms with Crippen LogP contribution in [-0.4, -0.2) is 39.4 Å². The quantitative estimate of drug-likeness (QED) is 0.827. The van der Waals surface area contributed by atoms with Gasteiger partial charge in [-0.15, -0.1) is 0 Å². The van der Waals surface area contributed by atoms with E-state index >= 15 is 0 Å². The highest BCUT2D eigenvalue weighted by Crippen LogP contribution is 2.30. The van der Waals surface area contributed by atoms with Gasteiger partial charge in [-0.1, -0.05) is 15.9 Å². The zero-order chi connectivity index (χ0) is 14.0. The van der Waals surface area contributed by atoms with Crippen molar-refractivity contribution in [1.82, 2.24) is 9.62 Å². The first-order valence-corrected chi connectivity index (χ1v) is 9.07. The molecule has 0 aliphatic carbocycles. The first-order chi connectivity index (χ1) is 8.95. The molecule has 19 heavy (non-hydrogen) atoms. The largest absolute Gasteiger partial charge is 0.319 e. The Balaban J connectivity index is 2.23. The van der Waals surface area contributed by atoms with Gasteiger partial charge in [0.25, 0.3) is 0 Å². The maximum atomic E-state index is 12.6. The third kappa shape index (κ3) is 3.39. The molecule has 0 saturated carbocycles. The van der Waals surface area contributed by atoms with E-state index in [1.807, 2.05) is 7.05 Å². The van der Waals surface area contributed by atoms with Crippen molar-refractivity contribution in [2.45, 2.75) is 11.3 Å². The van der Waals surface area contributed by atoms with Gasteiger partial charge in [-0.25, -0.2) is 8.42 Å². The molecular formula is C12H16Br2N2O2S. The molecule has 106 valence electrons. The Hall–Kier alpha value is 0.0500. The highest BCUT2D eigenvalue weighted by molar-refractivity contribution is 9.11. The van der Waals surface area contributed by atoms with E-state index in [1.54, 1.807) is 22.5 Å². The van der Waals surface area contributed by atoms with Gasteiger partial charge in [0.05, 0.1) is 4.90 Å². The van der Waals surface area contributed by atoms with Crippen LogP contribution in [0, 0.1) is 5.92 Å². The van der Waals surface area contributed by atoms with E-state index in [-0.39, 0.29) is 0 Å². The highest BCUT2D eigenvalue weighted by atomic mass is 79.9. The van der Waals surface area contributed by atoms with Crippen molar-refractivity contribution < 1.29 is 8.42 Å². The van der Waals surface area contributed by atoms with Gasteiger partial charge >= 0.3 is 0 Å². The molecule has 1 heterocycles. The Morgan fingerprint density at radius 2 is 2.16 bits per heavy atom. The molecule has 1 saturated heterocycles. The van der Waals surface area contributed by atoms with E-state index in [0.29, 0.717) is 28.4 Å². The standard InChI is InChI=1S/C12H16Br2N2O2S/c1-15-7-9-4-5-16(8-9)19(17,18)12-3-2-10(13)6-11(12)14/h2-3,6,9,15H,4-5,7-8H2,1H3. The van der Waals surface area contributed by atoms with Crippen LogP contribution in [0.2, 0.25) is 0 Å². The van der Waals surface area contributed by atoms with Crippen molar-refractivity contribution in [3.63, 3.8) is 0 Å². The average molecular weight is 412 g/mol. The van der Waals surface area contributed by atoms with Gasteiger partial charge in [-0.2, -0.15) is 4.31 Å². The Morgan fingerprint density at radius 3 is 2.79 bits per heavy atom. The van der Waals surface area contributed by atoms with Crippen LogP contribution in [-0.2, 0) is 10.0 Å². The van der Waals surface area contributed by atoms with Crippen molar-refractivity contribution in [1.29, 1.82) is 0 Å². The lowest BCUT2D eigenvalue weighted by Crippen LogP contribution is -2.30. The molecule has 1 aromatic carbocycles. The minimum atomic E-state index is -3.40. The minimum absolute atomic E-state index is 0.334. The lowest BCUT2D eigenvalue weighted by molar-refractivity contribution is 0.451. The van der Waals surface area contributed by atoms with Crippen LogP contribution in [0.1, 0.15) is 6.42 Å². The van der Waals surface area contributed by atoms with Crippen LogP contribution in [0.25, 0.3) is 0 Å². The summed E-state index contributed by atoms with van der Waals surface area (Å²) >= 11 is 6.66.